The lowest BCUT2D eigenvalue weighted by molar-refractivity contribution is -0.116. The van der Waals surface area contributed by atoms with Crippen molar-refractivity contribution in [3.63, 3.8) is 0 Å². The molecule has 1 aliphatic carbocycles. The zero-order chi connectivity index (χ0) is 17.9. The van der Waals surface area contributed by atoms with Gasteiger partial charge >= 0.3 is 6.03 Å². The molecule has 5 N–H and O–H groups in total. The number of nitrogens with one attached hydrogen (secondary N) is 3. The van der Waals surface area contributed by atoms with Gasteiger partial charge in [-0.1, -0.05) is 25.7 Å². The maximum atomic E-state index is 11.8. The number of carbonyl (C=O) groups excluding carboxylic acids is 2. The van der Waals surface area contributed by atoms with Crippen molar-refractivity contribution in [2.24, 2.45) is 0 Å². The first-order valence-corrected chi connectivity index (χ1v) is 9.19. The smallest absolute Gasteiger partial charge is 0.315 e. The minimum absolute atomic E-state index is 0. The van der Waals surface area contributed by atoms with Gasteiger partial charge in [0.2, 0.25) is 5.91 Å². The number of nitrogens with two attached hydrogens (primary N) is 1. The molecule has 1 fully saturated rings. The van der Waals surface area contributed by atoms with Crippen LogP contribution >= 0.6 is 12.4 Å². The molecule has 26 heavy (non-hydrogen) atoms. The van der Waals surface area contributed by atoms with Gasteiger partial charge in [0.1, 0.15) is 5.82 Å². The summed E-state index contributed by atoms with van der Waals surface area (Å²) < 4.78 is 0. The maximum absolute atomic E-state index is 11.8. The van der Waals surface area contributed by atoms with Gasteiger partial charge in [0, 0.05) is 19.0 Å². The van der Waals surface area contributed by atoms with E-state index in [9.17, 15) is 9.59 Å². The highest BCUT2D eigenvalue weighted by molar-refractivity contribution is 5.90. The fraction of sp³-hybridized carbons (Fsp3) is 0.611. The standard InChI is InChI=1S/C18H29N5O2.ClH/c19-16-11-10-15(13-21-16)22-17(24)9-5-2-6-12-20-18(25)23-14-7-3-1-4-8-14;/h10-11,13-14H,1-9,12H2,(H2,19,21)(H,22,24)(H2,20,23,25);1H. The molecule has 0 saturated heterocycles. The second-order valence-corrected chi connectivity index (χ2v) is 6.57. The highest BCUT2D eigenvalue weighted by Gasteiger charge is 2.14. The van der Waals surface area contributed by atoms with E-state index < -0.39 is 0 Å². The van der Waals surface area contributed by atoms with Crippen LogP contribution in [-0.2, 0) is 4.79 Å². The first kappa shape index (κ1) is 22.0. The number of nitrogens with zero attached hydrogens (tertiary/aromatic N) is 1. The van der Waals surface area contributed by atoms with E-state index in [1.54, 1.807) is 18.3 Å². The van der Waals surface area contributed by atoms with Crippen molar-refractivity contribution in [3.8, 4) is 0 Å². The number of pyridine rings is 1. The molecule has 1 aliphatic rings. The summed E-state index contributed by atoms with van der Waals surface area (Å²) in [5.74, 6) is 0.396. The molecule has 0 spiro atoms. The molecule has 0 unspecified atom stereocenters. The van der Waals surface area contributed by atoms with Crippen molar-refractivity contribution in [2.45, 2.75) is 63.8 Å². The molecule has 7 nitrogen and oxygen atoms in total. The van der Waals surface area contributed by atoms with Crippen molar-refractivity contribution in [3.05, 3.63) is 18.3 Å². The number of carbonyl (C=O) groups is 2. The number of nitrogen functional groups attached to an aromatic ring is 1. The van der Waals surface area contributed by atoms with Crippen molar-refractivity contribution in [2.75, 3.05) is 17.6 Å². The van der Waals surface area contributed by atoms with E-state index in [2.05, 4.69) is 20.9 Å². The van der Waals surface area contributed by atoms with Crippen LogP contribution in [0.4, 0.5) is 16.3 Å². The van der Waals surface area contributed by atoms with Crippen molar-refractivity contribution < 1.29 is 9.59 Å². The molecule has 2 rings (SSSR count). The second-order valence-electron chi connectivity index (χ2n) is 6.57. The molecule has 8 heteroatoms. The molecule has 0 aliphatic heterocycles. The number of amides is 3. The predicted molar refractivity (Wildman–Crippen MR) is 106 cm³/mol. The number of rotatable bonds is 8. The molecule has 3 amide bonds. The topological polar surface area (TPSA) is 109 Å². The number of aromatic nitrogens is 1. The molecule has 1 heterocycles. The van der Waals surface area contributed by atoms with Crippen molar-refractivity contribution >= 4 is 35.9 Å². The summed E-state index contributed by atoms with van der Waals surface area (Å²) in [5.41, 5.74) is 6.15. The van der Waals surface area contributed by atoms with Gasteiger partial charge in [-0.05, 0) is 37.8 Å². The molecule has 0 bridgehead atoms. The Morgan fingerprint density at radius 3 is 2.58 bits per heavy atom. The minimum Gasteiger partial charge on any atom is -0.384 e. The SMILES string of the molecule is Cl.Nc1ccc(NC(=O)CCCCCNC(=O)NC2CCCCC2)cn1. The average molecular weight is 384 g/mol. The fourth-order valence-electron chi connectivity index (χ4n) is 2.98. The Hall–Kier alpha value is -2.02. The molecule has 0 atom stereocenters. The summed E-state index contributed by atoms with van der Waals surface area (Å²) in [7, 11) is 0. The maximum Gasteiger partial charge on any atom is 0.315 e. The quantitative estimate of drug-likeness (QED) is 0.516. The van der Waals surface area contributed by atoms with Gasteiger partial charge < -0.3 is 21.7 Å². The highest BCUT2D eigenvalue weighted by atomic mass is 35.5. The Morgan fingerprint density at radius 2 is 1.88 bits per heavy atom. The summed E-state index contributed by atoms with van der Waals surface area (Å²) in [4.78, 5) is 27.5. The number of urea groups is 1. The number of hydrogen-bond donors (Lipinski definition) is 4. The van der Waals surface area contributed by atoms with Crippen LogP contribution < -0.4 is 21.7 Å². The van der Waals surface area contributed by atoms with Crippen LogP contribution in [0.25, 0.3) is 0 Å². The van der Waals surface area contributed by atoms with Gasteiger partial charge in [0.15, 0.2) is 0 Å². The predicted octanol–water partition coefficient (Wildman–Crippen LogP) is 3.22. The van der Waals surface area contributed by atoms with E-state index in [-0.39, 0.29) is 24.3 Å². The first-order valence-electron chi connectivity index (χ1n) is 9.19. The zero-order valence-electron chi connectivity index (χ0n) is 15.1. The summed E-state index contributed by atoms with van der Waals surface area (Å²) >= 11 is 0. The fourth-order valence-corrected chi connectivity index (χ4v) is 2.98. The van der Waals surface area contributed by atoms with E-state index in [4.69, 9.17) is 5.73 Å². The highest BCUT2D eigenvalue weighted by Crippen LogP contribution is 2.17. The third-order valence-corrected chi connectivity index (χ3v) is 4.38. The Bertz CT molecular complexity index is 547. The Balaban J connectivity index is 0.00000338. The molecule has 1 aromatic rings. The van der Waals surface area contributed by atoms with Crippen LogP contribution in [0.15, 0.2) is 18.3 Å². The Morgan fingerprint density at radius 1 is 1.12 bits per heavy atom. The van der Waals surface area contributed by atoms with Crippen LogP contribution in [0.5, 0.6) is 0 Å². The van der Waals surface area contributed by atoms with Crippen molar-refractivity contribution in [1.29, 1.82) is 0 Å². The van der Waals surface area contributed by atoms with E-state index in [1.165, 1.54) is 19.3 Å². The lowest BCUT2D eigenvalue weighted by atomic mass is 9.96. The molecule has 0 aromatic carbocycles. The normalized spacial score (nSPS) is 14.2. The lowest BCUT2D eigenvalue weighted by Crippen LogP contribution is -2.43. The van der Waals surface area contributed by atoms with E-state index in [0.717, 1.165) is 32.1 Å². The zero-order valence-corrected chi connectivity index (χ0v) is 15.9. The Labute approximate surface area is 161 Å². The van der Waals surface area contributed by atoms with Crippen LogP contribution in [-0.4, -0.2) is 29.5 Å². The van der Waals surface area contributed by atoms with Crippen LogP contribution in [0.3, 0.4) is 0 Å². The van der Waals surface area contributed by atoms with Crippen LogP contribution in [0, 0.1) is 0 Å². The molecular formula is C18H30ClN5O2. The summed E-state index contributed by atoms with van der Waals surface area (Å²) in [6.45, 7) is 0.641. The number of anilines is 2. The third-order valence-electron chi connectivity index (χ3n) is 4.38. The van der Waals surface area contributed by atoms with Gasteiger partial charge in [-0.3, -0.25) is 4.79 Å². The van der Waals surface area contributed by atoms with E-state index in [0.29, 0.717) is 30.5 Å². The Kier molecular flexibility index (Phi) is 10.5. The van der Waals surface area contributed by atoms with E-state index in [1.807, 2.05) is 0 Å². The summed E-state index contributed by atoms with van der Waals surface area (Å²) in [5, 5.41) is 8.71. The third kappa shape index (κ3) is 8.89. The molecule has 1 aromatic heterocycles. The minimum atomic E-state index is -0.0690. The van der Waals surface area contributed by atoms with Gasteiger partial charge in [-0.2, -0.15) is 0 Å². The molecular weight excluding hydrogens is 354 g/mol. The van der Waals surface area contributed by atoms with Gasteiger partial charge in [-0.25, -0.2) is 9.78 Å². The second kappa shape index (κ2) is 12.4. The summed E-state index contributed by atoms with van der Waals surface area (Å²) in [6, 6.07) is 3.65. The lowest BCUT2D eigenvalue weighted by Gasteiger charge is -2.22. The molecule has 1 saturated carbocycles. The van der Waals surface area contributed by atoms with Crippen LogP contribution in [0.2, 0.25) is 0 Å². The molecule has 0 radical (unpaired) electrons. The van der Waals surface area contributed by atoms with Gasteiger partial charge in [0.05, 0.1) is 11.9 Å². The van der Waals surface area contributed by atoms with Crippen molar-refractivity contribution in [1.82, 2.24) is 15.6 Å². The summed E-state index contributed by atoms with van der Waals surface area (Å²) in [6.07, 6.45) is 10.4. The van der Waals surface area contributed by atoms with Gasteiger partial charge in [-0.15, -0.1) is 12.4 Å². The van der Waals surface area contributed by atoms with Crippen LogP contribution in [0.1, 0.15) is 57.8 Å². The number of hydrogen-bond acceptors (Lipinski definition) is 4. The average Bonchev–Trinajstić information content (AvgIpc) is 2.61. The first-order chi connectivity index (χ1) is 12.1. The van der Waals surface area contributed by atoms with E-state index >= 15 is 0 Å². The van der Waals surface area contributed by atoms with Gasteiger partial charge in [0.25, 0.3) is 0 Å². The largest absolute Gasteiger partial charge is 0.384 e. The monoisotopic (exact) mass is 383 g/mol. The molecule has 146 valence electrons. The number of unbranched alkanes of at least 4 members (excludes halogenated alkanes) is 2. The number of halogens is 1.